The van der Waals surface area contributed by atoms with Gasteiger partial charge in [0.05, 0.1) is 12.2 Å². The first-order chi connectivity index (χ1) is 10.6. The molecule has 0 spiro atoms. The van der Waals surface area contributed by atoms with Crippen LogP contribution in [0.5, 0.6) is 0 Å². The number of amides is 2. The first-order valence-electron chi connectivity index (χ1n) is 6.63. The second kappa shape index (κ2) is 8.60. The zero-order valence-electron chi connectivity index (χ0n) is 11.7. The molecule has 114 valence electrons. The van der Waals surface area contributed by atoms with Gasteiger partial charge in [0.1, 0.15) is 0 Å². The predicted octanol–water partition coefficient (Wildman–Crippen LogP) is 2.93. The molecule has 6 heteroatoms. The minimum Gasteiger partial charge on any atom is -0.273 e. The van der Waals surface area contributed by atoms with Crippen molar-refractivity contribution in [2.45, 2.75) is 11.3 Å². The van der Waals surface area contributed by atoms with Crippen LogP contribution in [-0.2, 0) is 16.0 Å². The quantitative estimate of drug-likeness (QED) is 0.621. The lowest BCUT2D eigenvalue weighted by atomic mass is 10.1. The summed E-state index contributed by atoms with van der Waals surface area (Å²) in [4.78, 5) is 24.4. The average molecular weight is 379 g/mol. The number of thioether (sulfide) groups is 1. The number of hydrogen-bond acceptors (Lipinski definition) is 3. The molecule has 0 aliphatic rings. The number of hydrogen-bond donors (Lipinski definition) is 2. The topological polar surface area (TPSA) is 58.2 Å². The van der Waals surface area contributed by atoms with E-state index in [2.05, 4.69) is 26.8 Å². The smallest absolute Gasteiger partial charge is 0.248 e. The van der Waals surface area contributed by atoms with Gasteiger partial charge in [0.2, 0.25) is 11.8 Å². The van der Waals surface area contributed by atoms with Crippen LogP contribution in [0.1, 0.15) is 5.56 Å². The van der Waals surface area contributed by atoms with Crippen LogP contribution in [0.2, 0.25) is 0 Å². The van der Waals surface area contributed by atoms with Crippen LogP contribution in [0, 0.1) is 0 Å². The van der Waals surface area contributed by atoms with Crippen LogP contribution in [0.3, 0.4) is 0 Å². The van der Waals surface area contributed by atoms with Gasteiger partial charge in [-0.1, -0.05) is 46.3 Å². The van der Waals surface area contributed by atoms with E-state index in [9.17, 15) is 9.59 Å². The Hall–Kier alpha value is -1.79. The molecule has 2 aromatic rings. The van der Waals surface area contributed by atoms with Gasteiger partial charge in [0.15, 0.2) is 0 Å². The number of hydrazine groups is 1. The summed E-state index contributed by atoms with van der Waals surface area (Å²) in [6.07, 6.45) is 0.237. The Morgan fingerprint density at radius 2 is 1.55 bits per heavy atom. The van der Waals surface area contributed by atoms with Gasteiger partial charge in [-0.05, 0) is 29.8 Å². The summed E-state index contributed by atoms with van der Waals surface area (Å²) in [7, 11) is 0. The zero-order chi connectivity index (χ0) is 15.8. The summed E-state index contributed by atoms with van der Waals surface area (Å²) in [5, 5.41) is 0. The van der Waals surface area contributed by atoms with Crippen molar-refractivity contribution in [1.82, 2.24) is 10.9 Å². The number of nitrogens with one attached hydrogen (secondary N) is 2. The number of benzene rings is 2. The van der Waals surface area contributed by atoms with Crippen molar-refractivity contribution in [3.63, 3.8) is 0 Å². The molecule has 22 heavy (non-hydrogen) atoms. The molecule has 0 aromatic heterocycles. The Labute approximate surface area is 141 Å². The highest BCUT2D eigenvalue weighted by Gasteiger charge is 2.06. The molecule has 0 heterocycles. The maximum Gasteiger partial charge on any atom is 0.248 e. The predicted molar refractivity (Wildman–Crippen MR) is 91.3 cm³/mol. The molecule has 2 rings (SSSR count). The van der Waals surface area contributed by atoms with Crippen molar-refractivity contribution >= 4 is 39.5 Å². The van der Waals surface area contributed by atoms with Crippen LogP contribution in [-0.4, -0.2) is 17.6 Å². The lowest BCUT2D eigenvalue weighted by molar-refractivity contribution is -0.127. The van der Waals surface area contributed by atoms with Gasteiger partial charge in [0.25, 0.3) is 0 Å². The fourth-order valence-corrected chi connectivity index (χ4v) is 2.64. The maximum atomic E-state index is 11.7. The summed E-state index contributed by atoms with van der Waals surface area (Å²) in [6.45, 7) is 0. The highest BCUT2D eigenvalue weighted by Crippen LogP contribution is 2.20. The Balaban J connectivity index is 1.69. The SMILES string of the molecule is O=C(CSc1ccc(Br)cc1)NNC(=O)Cc1ccccc1. The van der Waals surface area contributed by atoms with Gasteiger partial charge >= 0.3 is 0 Å². The molecule has 0 atom stereocenters. The third kappa shape index (κ3) is 5.91. The molecule has 0 bridgehead atoms. The third-order valence-corrected chi connectivity index (χ3v) is 4.27. The largest absolute Gasteiger partial charge is 0.273 e. The standard InChI is InChI=1S/C16H15BrN2O2S/c17-13-6-8-14(9-7-13)22-11-16(21)19-18-15(20)10-12-4-2-1-3-5-12/h1-9H,10-11H2,(H,18,20)(H,19,21). The van der Waals surface area contributed by atoms with Gasteiger partial charge in [0, 0.05) is 9.37 Å². The molecular formula is C16H15BrN2O2S. The molecule has 0 aliphatic carbocycles. The molecule has 0 aliphatic heterocycles. The molecule has 0 radical (unpaired) electrons. The van der Waals surface area contributed by atoms with Gasteiger partial charge in [-0.2, -0.15) is 0 Å². The molecule has 2 amide bonds. The molecule has 4 nitrogen and oxygen atoms in total. The number of rotatable bonds is 5. The van der Waals surface area contributed by atoms with E-state index in [0.29, 0.717) is 0 Å². The van der Waals surface area contributed by atoms with Crippen molar-refractivity contribution < 1.29 is 9.59 Å². The van der Waals surface area contributed by atoms with Gasteiger partial charge < -0.3 is 0 Å². The maximum absolute atomic E-state index is 11.7. The minimum atomic E-state index is -0.242. The lowest BCUT2D eigenvalue weighted by Crippen LogP contribution is -2.43. The molecule has 2 aromatic carbocycles. The monoisotopic (exact) mass is 378 g/mol. The average Bonchev–Trinajstić information content (AvgIpc) is 2.53. The highest BCUT2D eigenvalue weighted by atomic mass is 79.9. The Bertz CT molecular complexity index is 632. The van der Waals surface area contributed by atoms with Gasteiger partial charge in [-0.15, -0.1) is 11.8 Å². The van der Waals surface area contributed by atoms with Crippen LogP contribution >= 0.6 is 27.7 Å². The van der Waals surface area contributed by atoms with E-state index < -0.39 is 0 Å². The minimum absolute atomic E-state index is 0.237. The molecule has 0 saturated heterocycles. The first kappa shape index (κ1) is 16.6. The van der Waals surface area contributed by atoms with E-state index in [-0.39, 0.29) is 24.0 Å². The summed E-state index contributed by atoms with van der Waals surface area (Å²) in [5.74, 6) is -0.240. The Kier molecular flexibility index (Phi) is 6.48. The third-order valence-electron chi connectivity index (χ3n) is 2.73. The van der Waals surface area contributed by atoms with Gasteiger partial charge in [-0.3, -0.25) is 20.4 Å². The molecule has 0 saturated carbocycles. The highest BCUT2D eigenvalue weighted by molar-refractivity contribution is 9.10. The van der Waals surface area contributed by atoms with E-state index in [1.807, 2.05) is 54.6 Å². The summed E-state index contributed by atoms with van der Waals surface area (Å²) in [6, 6.07) is 17.1. The van der Waals surface area contributed by atoms with E-state index in [0.717, 1.165) is 14.9 Å². The summed E-state index contributed by atoms with van der Waals surface area (Å²) < 4.78 is 0.995. The summed E-state index contributed by atoms with van der Waals surface area (Å²) >= 11 is 4.77. The molecule has 0 unspecified atom stereocenters. The molecule has 2 N–H and O–H groups in total. The number of carbonyl (C=O) groups excluding carboxylic acids is 2. The van der Waals surface area contributed by atoms with Crippen LogP contribution in [0.15, 0.2) is 64.0 Å². The van der Waals surface area contributed by atoms with Crippen molar-refractivity contribution in [2.24, 2.45) is 0 Å². The zero-order valence-corrected chi connectivity index (χ0v) is 14.1. The molecule has 0 fully saturated rings. The van der Waals surface area contributed by atoms with Crippen molar-refractivity contribution in [2.75, 3.05) is 5.75 Å². The number of carbonyl (C=O) groups is 2. The normalized spacial score (nSPS) is 10.0. The van der Waals surface area contributed by atoms with E-state index in [1.165, 1.54) is 11.8 Å². The molecular weight excluding hydrogens is 364 g/mol. The first-order valence-corrected chi connectivity index (χ1v) is 8.41. The summed E-state index contributed by atoms with van der Waals surface area (Å²) in [5.41, 5.74) is 5.73. The van der Waals surface area contributed by atoms with Crippen molar-refractivity contribution in [1.29, 1.82) is 0 Å². The fraction of sp³-hybridized carbons (Fsp3) is 0.125. The van der Waals surface area contributed by atoms with E-state index in [1.54, 1.807) is 0 Å². The van der Waals surface area contributed by atoms with Crippen LogP contribution in [0.25, 0.3) is 0 Å². The van der Waals surface area contributed by atoms with Crippen LogP contribution < -0.4 is 10.9 Å². The van der Waals surface area contributed by atoms with Crippen LogP contribution in [0.4, 0.5) is 0 Å². The van der Waals surface area contributed by atoms with Gasteiger partial charge in [-0.25, -0.2) is 0 Å². The second-order valence-corrected chi connectivity index (χ2v) is 6.47. The number of halogens is 1. The Morgan fingerprint density at radius 1 is 0.909 bits per heavy atom. The van der Waals surface area contributed by atoms with E-state index >= 15 is 0 Å². The lowest BCUT2D eigenvalue weighted by Gasteiger charge is -2.07. The van der Waals surface area contributed by atoms with Crippen molar-refractivity contribution in [3.8, 4) is 0 Å². The van der Waals surface area contributed by atoms with Crippen molar-refractivity contribution in [3.05, 3.63) is 64.6 Å². The van der Waals surface area contributed by atoms with E-state index in [4.69, 9.17) is 0 Å². The Morgan fingerprint density at radius 3 is 2.23 bits per heavy atom. The fourth-order valence-electron chi connectivity index (χ4n) is 1.68. The second-order valence-electron chi connectivity index (χ2n) is 4.50.